The predicted octanol–water partition coefficient (Wildman–Crippen LogP) is 4.76. The Morgan fingerprint density at radius 2 is 1.51 bits per heavy atom. The molecule has 0 radical (unpaired) electrons. The van der Waals surface area contributed by atoms with Crippen LogP contribution in [-0.2, 0) is 16.6 Å². The van der Waals surface area contributed by atoms with Gasteiger partial charge in [0.25, 0.3) is 21.8 Å². The SMILES string of the molecule is CN(c1ccc(C(=O)Nc2ccccc2C(=O)NCc2ccccc2)cc1)S(=O)(=O)c1cccs1. The van der Waals surface area contributed by atoms with Gasteiger partial charge in [-0.15, -0.1) is 11.3 Å². The van der Waals surface area contributed by atoms with Gasteiger partial charge in [0.2, 0.25) is 0 Å². The molecule has 1 aromatic heterocycles. The maximum absolute atomic E-state index is 12.9. The standard InChI is InChI=1S/C26H23N3O4S2/c1-29(35(32,33)24-12-7-17-34-24)21-15-13-20(14-16-21)25(30)28-23-11-6-5-10-22(23)26(31)27-18-19-8-3-2-4-9-19/h2-17H,18H2,1H3,(H,27,31)(H,28,30). The Labute approximate surface area is 208 Å². The Bertz CT molecular complexity index is 1420. The molecule has 0 atom stereocenters. The average molecular weight is 506 g/mol. The maximum Gasteiger partial charge on any atom is 0.273 e. The first-order valence-corrected chi connectivity index (χ1v) is 13.0. The number of hydrogen-bond acceptors (Lipinski definition) is 5. The molecule has 0 spiro atoms. The van der Waals surface area contributed by atoms with Crippen LogP contribution in [0.2, 0.25) is 0 Å². The van der Waals surface area contributed by atoms with E-state index in [9.17, 15) is 18.0 Å². The molecule has 0 fully saturated rings. The third kappa shape index (κ3) is 5.59. The molecule has 9 heteroatoms. The van der Waals surface area contributed by atoms with Crippen molar-refractivity contribution in [3.05, 3.63) is 113 Å². The Balaban J connectivity index is 1.45. The minimum absolute atomic E-state index is 0.240. The van der Waals surface area contributed by atoms with E-state index in [0.717, 1.165) is 16.9 Å². The van der Waals surface area contributed by atoms with Gasteiger partial charge in [-0.3, -0.25) is 13.9 Å². The molecule has 7 nitrogen and oxygen atoms in total. The molecule has 0 saturated heterocycles. The van der Waals surface area contributed by atoms with Gasteiger partial charge in [0, 0.05) is 19.2 Å². The van der Waals surface area contributed by atoms with E-state index in [1.165, 1.54) is 11.4 Å². The molecule has 0 bridgehead atoms. The van der Waals surface area contributed by atoms with Crippen LogP contribution in [0.4, 0.5) is 11.4 Å². The van der Waals surface area contributed by atoms with Gasteiger partial charge in [-0.25, -0.2) is 8.42 Å². The largest absolute Gasteiger partial charge is 0.348 e. The molecule has 4 aromatic rings. The fourth-order valence-electron chi connectivity index (χ4n) is 3.36. The van der Waals surface area contributed by atoms with Crippen LogP contribution in [0.1, 0.15) is 26.3 Å². The van der Waals surface area contributed by atoms with E-state index < -0.39 is 15.9 Å². The van der Waals surface area contributed by atoms with Crippen molar-refractivity contribution >= 4 is 44.5 Å². The van der Waals surface area contributed by atoms with E-state index in [1.54, 1.807) is 66.0 Å². The number of thiophene rings is 1. The summed E-state index contributed by atoms with van der Waals surface area (Å²) in [6.45, 7) is 0.366. The molecule has 2 N–H and O–H groups in total. The minimum Gasteiger partial charge on any atom is -0.348 e. The third-order valence-electron chi connectivity index (χ3n) is 5.32. The second-order valence-electron chi connectivity index (χ2n) is 7.62. The molecule has 0 aliphatic carbocycles. The topological polar surface area (TPSA) is 95.6 Å². The third-order valence-corrected chi connectivity index (χ3v) is 8.48. The van der Waals surface area contributed by atoms with Crippen LogP contribution in [-0.4, -0.2) is 27.3 Å². The molecular weight excluding hydrogens is 482 g/mol. The monoisotopic (exact) mass is 505 g/mol. The zero-order valence-electron chi connectivity index (χ0n) is 18.8. The summed E-state index contributed by atoms with van der Waals surface area (Å²) in [7, 11) is -2.20. The van der Waals surface area contributed by atoms with Crippen molar-refractivity contribution in [1.82, 2.24) is 5.32 Å². The van der Waals surface area contributed by atoms with Crippen molar-refractivity contribution in [2.45, 2.75) is 10.8 Å². The van der Waals surface area contributed by atoms with Gasteiger partial charge in [-0.2, -0.15) is 0 Å². The fraction of sp³-hybridized carbons (Fsp3) is 0.0769. The Morgan fingerprint density at radius 3 is 2.20 bits per heavy atom. The van der Waals surface area contributed by atoms with Crippen LogP contribution in [0.25, 0.3) is 0 Å². The smallest absolute Gasteiger partial charge is 0.273 e. The fourth-order valence-corrected chi connectivity index (χ4v) is 5.72. The molecule has 1 heterocycles. The van der Waals surface area contributed by atoms with Gasteiger partial charge in [-0.1, -0.05) is 48.5 Å². The maximum atomic E-state index is 12.9. The van der Waals surface area contributed by atoms with Crippen molar-refractivity contribution in [2.24, 2.45) is 0 Å². The van der Waals surface area contributed by atoms with Crippen LogP contribution >= 0.6 is 11.3 Å². The van der Waals surface area contributed by atoms with Gasteiger partial charge in [0.05, 0.1) is 16.9 Å². The number of hydrogen-bond donors (Lipinski definition) is 2. The van der Waals surface area contributed by atoms with E-state index in [4.69, 9.17) is 0 Å². The highest BCUT2D eigenvalue weighted by Crippen LogP contribution is 2.25. The molecule has 4 rings (SSSR count). The zero-order valence-corrected chi connectivity index (χ0v) is 20.5. The van der Waals surface area contributed by atoms with Crippen molar-refractivity contribution in [1.29, 1.82) is 0 Å². The molecular formula is C26H23N3O4S2. The van der Waals surface area contributed by atoms with E-state index in [-0.39, 0.29) is 10.1 Å². The Kier molecular flexibility index (Phi) is 7.28. The zero-order chi connectivity index (χ0) is 24.8. The first-order valence-electron chi connectivity index (χ1n) is 10.7. The summed E-state index contributed by atoms with van der Waals surface area (Å²) in [5.41, 5.74) is 2.44. The number of sulfonamides is 1. The van der Waals surface area contributed by atoms with Crippen molar-refractivity contribution in [3.63, 3.8) is 0 Å². The molecule has 0 unspecified atom stereocenters. The van der Waals surface area contributed by atoms with Gasteiger partial charge in [0.15, 0.2) is 0 Å². The van der Waals surface area contributed by atoms with Crippen molar-refractivity contribution in [2.75, 3.05) is 16.7 Å². The second kappa shape index (κ2) is 10.5. The quantitative estimate of drug-likeness (QED) is 0.361. The van der Waals surface area contributed by atoms with Crippen LogP contribution in [0, 0.1) is 0 Å². The lowest BCUT2D eigenvalue weighted by molar-refractivity contribution is 0.0951. The molecule has 0 saturated carbocycles. The molecule has 0 aliphatic rings. The Morgan fingerprint density at radius 1 is 0.829 bits per heavy atom. The number of nitrogens with zero attached hydrogens (tertiary/aromatic N) is 1. The number of para-hydroxylation sites is 1. The summed E-state index contributed by atoms with van der Waals surface area (Å²) in [6.07, 6.45) is 0. The highest BCUT2D eigenvalue weighted by atomic mass is 32.2. The lowest BCUT2D eigenvalue weighted by Gasteiger charge is -2.18. The molecule has 3 aromatic carbocycles. The predicted molar refractivity (Wildman–Crippen MR) is 138 cm³/mol. The summed E-state index contributed by atoms with van der Waals surface area (Å²) in [5.74, 6) is -0.718. The number of anilines is 2. The Hall–Kier alpha value is -3.95. The number of benzene rings is 3. The van der Waals surface area contributed by atoms with Crippen LogP contribution in [0.5, 0.6) is 0 Å². The first kappa shape index (κ1) is 24.2. The van der Waals surface area contributed by atoms with Gasteiger partial charge < -0.3 is 10.6 Å². The summed E-state index contributed by atoms with van der Waals surface area (Å²) in [6, 6.07) is 25.8. The average Bonchev–Trinajstić information content (AvgIpc) is 3.44. The van der Waals surface area contributed by atoms with Crippen molar-refractivity contribution in [3.8, 4) is 0 Å². The number of amides is 2. The van der Waals surface area contributed by atoms with E-state index in [0.29, 0.717) is 29.0 Å². The van der Waals surface area contributed by atoms with Crippen LogP contribution in [0.15, 0.2) is 101 Å². The summed E-state index contributed by atoms with van der Waals surface area (Å²) < 4.78 is 26.8. The van der Waals surface area contributed by atoms with Gasteiger partial charge >= 0.3 is 0 Å². The van der Waals surface area contributed by atoms with E-state index in [2.05, 4.69) is 10.6 Å². The van der Waals surface area contributed by atoms with E-state index in [1.807, 2.05) is 30.3 Å². The van der Waals surface area contributed by atoms with Gasteiger partial charge in [0.1, 0.15) is 4.21 Å². The second-order valence-corrected chi connectivity index (χ2v) is 10.8. The number of nitrogens with one attached hydrogen (secondary N) is 2. The number of carbonyl (C=O) groups excluding carboxylic acids is 2. The number of carbonyl (C=O) groups is 2. The summed E-state index contributed by atoms with van der Waals surface area (Å²) >= 11 is 1.14. The summed E-state index contributed by atoms with van der Waals surface area (Å²) in [4.78, 5) is 25.6. The lowest BCUT2D eigenvalue weighted by atomic mass is 10.1. The molecule has 35 heavy (non-hydrogen) atoms. The molecule has 2 amide bonds. The normalized spacial score (nSPS) is 11.0. The first-order chi connectivity index (χ1) is 16.9. The minimum atomic E-state index is -3.66. The van der Waals surface area contributed by atoms with Crippen LogP contribution < -0.4 is 14.9 Å². The highest BCUT2D eigenvalue weighted by molar-refractivity contribution is 7.94. The molecule has 178 valence electrons. The highest BCUT2D eigenvalue weighted by Gasteiger charge is 2.22. The lowest BCUT2D eigenvalue weighted by Crippen LogP contribution is -2.26. The summed E-state index contributed by atoms with van der Waals surface area (Å²) in [5, 5.41) is 7.34. The molecule has 0 aliphatic heterocycles. The van der Waals surface area contributed by atoms with Crippen LogP contribution in [0.3, 0.4) is 0 Å². The van der Waals surface area contributed by atoms with Gasteiger partial charge in [-0.05, 0) is 53.4 Å². The number of rotatable bonds is 8. The van der Waals surface area contributed by atoms with E-state index >= 15 is 0 Å². The van der Waals surface area contributed by atoms with Crippen molar-refractivity contribution < 1.29 is 18.0 Å².